The van der Waals surface area contributed by atoms with Crippen molar-refractivity contribution in [3.05, 3.63) is 35.9 Å². The number of anilines is 1. The smallest absolute Gasteiger partial charge is 0.238 e. The van der Waals surface area contributed by atoms with Crippen LogP contribution in [0.25, 0.3) is 11.3 Å². The Labute approximate surface area is 161 Å². The molecule has 1 saturated carbocycles. The van der Waals surface area contributed by atoms with Gasteiger partial charge in [0.05, 0.1) is 10.6 Å². The van der Waals surface area contributed by atoms with Gasteiger partial charge in [-0.05, 0) is 48.4 Å². The van der Waals surface area contributed by atoms with E-state index in [2.05, 4.69) is 29.4 Å². The summed E-state index contributed by atoms with van der Waals surface area (Å²) in [4.78, 5) is 0.150. The lowest BCUT2D eigenvalue weighted by atomic mass is 9.78. The molecule has 2 aromatic rings. The zero-order valence-corrected chi connectivity index (χ0v) is 17.0. The summed E-state index contributed by atoms with van der Waals surface area (Å²) in [7, 11) is -3.78. The first-order chi connectivity index (χ1) is 12.8. The number of aromatic nitrogens is 2. The number of nitrogens with one attached hydrogen (secondary N) is 1. The molecule has 0 bridgehead atoms. The van der Waals surface area contributed by atoms with Crippen LogP contribution in [-0.4, -0.2) is 24.7 Å². The molecule has 1 aromatic carbocycles. The lowest BCUT2D eigenvalue weighted by Gasteiger charge is -2.34. The van der Waals surface area contributed by atoms with Crippen LogP contribution in [0.2, 0.25) is 0 Å². The third-order valence-corrected chi connectivity index (χ3v) is 6.75. The van der Waals surface area contributed by atoms with E-state index in [0.29, 0.717) is 41.1 Å². The highest BCUT2D eigenvalue weighted by molar-refractivity contribution is 7.89. The number of hydrogen-bond donors (Lipinski definition) is 2. The second-order valence-corrected chi connectivity index (χ2v) is 9.07. The number of sulfonamides is 1. The summed E-state index contributed by atoms with van der Waals surface area (Å²) in [5.41, 5.74) is 2.01. The molecule has 0 amide bonds. The minimum Gasteiger partial charge on any atom is -0.366 e. The maximum atomic E-state index is 11.9. The summed E-state index contributed by atoms with van der Waals surface area (Å²) < 4.78 is 23.7. The second-order valence-electron chi connectivity index (χ2n) is 7.54. The lowest BCUT2D eigenvalue weighted by Crippen LogP contribution is -2.35. The molecule has 1 aliphatic carbocycles. The predicted molar refractivity (Wildman–Crippen MR) is 108 cm³/mol. The van der Waals surface area contributed by atoms with Crippen molar-refractivity contribution in [1.29, 1.82) is 0 Å². The van der Waals surface area contributed by atoms with Gasteiger partial charge < -0.3 is 5.32 Å². The Bertz CT molecular complexity index is 897. The van der Waals surface area contributed by atoms with Crippen LogP contribution < -0.4 is 10.5 Å². The summed E-state index contributed by atoms with van der Waals surface area (Å²) in [6, 6.07) is 9.39. The molecule has 1 aromatic heterocycles. The molecule has 3 atom stereocenters. The summed E-state index contributed by atoms with van der Waals surface area (Å²) in [6.45, 7) is 6.49. The van der Waals surface area contributed by atoms with E-state index in [1.165, 1.54) is 12.8 Å². The molecule has 0 aliphatic heterocycles. The van der Waals surface area contributed by atoms with E-state index >= 15 is 0 Å². The average Bonchev–Trinajstić information content (AvgIpc) is 2.65. The topological polar surface area (TPSA) is 98.0 Å². The highest BCUT2D eigenvalue weighted by Crippen LogP contribution is 2.31. The molecule has 1 aliphatic rings. The summed E-state index contributed by atoms with van der Waals surface area (Å²) in [5.74, 6) is 2.05. The predicted octanol–water partition coefficient (Wildman–Crippen LogP) is 3.59. The number of benzene rings is 1. The molecular weight excluding hydrogens is 360 g/mol. The van der Waals surface area contributed by atoms with Crippen LogP contribution in [0.3, 0.4) is 0 Å². The Balaban J connectivity index is 1.81. The van der Waals surface area contributed by atoms with Crippen molar-refractivity contribution in [1.82, 2.24) is 10.2 Å². The van der Waals surface area contributed by atoms with Gasteiger partial charge in [-0.25, -0.2) is 13.6 Å². The lowest BCUT2D eigenvalue weighted by molar-refractivity contribution is 0.253. The molecule has 6 nitrogen and oxygen atoms in total. The second kappa shape index (κ2) is 7.94. The van der Waals surface area contributed by atoms with Gasteiger partial charge in [0.25, 0.3) is 0 Å². The molecular formula is C20H28N4O2S. The van der Waals surface area contributed by atoms with Gasteiger partial charge >= 0.3 is 0 Å². The van der Waals surface area contributed by atoms with E-state index in [0.717, 1.165) is 12.2 Å². The maximum absolute atomic E-state index is 11.9. The summed E-state index contributed by atoms with van der Waals surface area (Å²) in [5, 5.41) is 17.5. The summed E-state index contributed by atoms with van der Waals surface area (Å²) in [6.07, 6.45) is 4.25. The molecule has 3 rings (SSSR count). The van der Waals surface area contributed by atoms with Crippen LogP contribution in [0.5, 0.6) is 0 Å². The van der Waals surface area contributed by atoms with Crippen molar-refractivity contribution in [3.63, 3.8) is 0 Å². The standard InChI is InChI=1S/C20H28N4O2S/c1-4-15-8-9-16(12-19(15)27(21,25)26)18-10-11-20(24-23-18)22-17-7-5-6-13(2)14(17)3/h8-14,17H,4-7H2,1-3H3,(H,22,24)(H2,21,25,26)/t13-,14+,17+/m0/s1. The zero-order chi connectivity index (χ0) is 19.6. The quantitative estimate of drug-likeness (QED) is 0.816. The molecule has 146 valence electrons. The fraction of sp³-hybridized carbons (Fsp3) is 0.500. The number of aryl methyl sites for hydroxylation is 1. The first kappa shape index (κ1) is 19.8. The molecule has 0 spiro atoms. The molecule has 3 N–H and O–H groups in total. The van der Waals surface area contributed by atoms with Crippen molar-refractivity contribution in [2.24, 2.45) is 17.0 Å². The van der Waals surface area contributed by atoms with Crippen molar-refractivity contribution in [2.75, 3.05) is 5.32 Å². The van der Waals surface area contributed by atoms with Crippen LogP contribution >= 0.6 is 0 Å². The zero-order valence-electron chi connectivity index (χ0n) is 16.1. The minimum atomic E-state index is -3.78. The molecule has 27 heavy (non-hydrogen) atoms. The number of nitrogens with zero attached hydrogens (tertiary/aromatic N) is 2. The molecule has 0 radical (unpaired) electrons. The number of nitrogens with two attached hydrogens (primary N) is 1. The Kier molecular flexibility index (Phi) is 5.81. The fourth-order valence-electron chi connectivity index (χ4n) is 3.81. The van der Waals surface area contributed by atoms with Crippen LogP contribution in [-0.2, 0) is 16.4 Å². The van der Waals surface area contributed by atoms with E-state index in [9.17, 15) is 8.42 Å². The van der Waals surface area contributed by atoms with E-state index in [-0.39, 0.29) is 4.90 Å². The van der Waals surface area contributed by atoms with Crippen molar-refractivity contribution in [2.45, 2.75) is 57.4 Å². The number of primary sulfonamides is 1. The first-order valence-corrected chi connectivity index (χ1v) is 11.1. The molecule has 1 heterocycles. The Morgan fingerprint density at radius 1 is 1.15 bits per heavy atom. The van der Waals surface area contributed by atoms with Crippen LogP contribution in [0.4, 0.5) is 5.82 Å². The number of rotatable bonds is 5. The average molecular weight is 389 g/mol. The van der Waals surface area contributed by atoms with Crippen LogP contribution in [0.1, 0.15) is 45.6 Å². The summed E-state index contributed by atoms with van der Waals surface area (Å²) >= 11 is 0. The van der Waals surface area contributed by atoms with Crippen LogP contribution in [0.15, 0.2) is 35.2 Å². The van der Waals surface area contributed by atoms with Gasteiger partial charge in [-0.15, -0.1) is 10.2 Å². The van der Waals surface area contributed by atoms with Gasteiger partial charge in [0.2, 0.25) is 10.0 Å². The van der Waals surface area contributed by atoms with Gasteiger partial charge in [0, 0.05) is 11.6 Å². The van der Waals surface area contributed by atoms with Crippen LogP contribution in [0, 0.1) is 11.8 Å². The van der Waals surface area contributed by atoms with Gasteiger partial charge in [-0.2, -0.15) is 0 Å². The fourth-order valence-corrected chi connectivity index (χ4v) is 4.68. The van der Waals surface area contributed by atoms with E-state index in [1.54, 1.807) is 12.1 Å². The SMILES string of the molecule is CCc1ccc(-c2ccc(N[C@@H]3CCC[C@H](C)[C@H]3C)nn2)cc1S(N)(=O)=O. The number of hydrogen-bond acceptors (Lipinski definition) is 5. The largest absolute Gasteiger partial charge is 0.366 e. The van der Waals surface area contributed by atoms with Gasteiger partial charge in [0.1, 0.15) is 5.82 Å². The van der Waals surface area contributed by atoms with Crippen molar-refractivity contribution < 1.29 is 8.42 Å². The highest BCUT2D eigenvalue weighted by atomic mass is 32.2. The third-order valence-electron chi connectivity index (χ3n) is 5.76. The van der Waals surface area contributed by atoms with E-state index in [1.807, 2.05) is 25.1 Å². The van der Waals surface area contributed by atoms with E-state index < -0.39 is 10.0 Å². The normalized spacial score (nSPS) is 23.2. The Hall–Kier alpha value is -1.99. The van der Waals surface area contributed by atoms with Crippen molar-refractivity contribution in [3.8, 4) is 11.3 Å². The van der Waals surface area contributed by atoms with Gasteiger partial charge in [0.15, 0.2) is 0 Å². The maximum Gasteiger partial charge on any atom is 0.238 e. The molecule has 1 fully saturated rings. The van der Waals surface area contributed by atoms with Gasteiger partial charge in [-0.1, -0.05) is 45.7 Å². The minimum absolute atomic E-state index is 0.150. The van der Waals surface area contributed by atoms with Crippen molar-refractivity contribution >= 4 is 15.8 Å². The molecule has 7 heteroatoms. The highest BCUT2D eigenvalue weighted by Gasteiger charge is 2.27. The third kappa shape index (κ3) is 4.47. The Morgan fingerprint density at radius 2 is 1.93 bits per heavy atom. The monoisotopic (exact) mass is 388 g/mol. The van der Waals surface area contributed by atoms with Gasteiger partial charge in [-0.3, -0.25) is 0 Å². The Morgan fingerprint density at radius 3 is 2.56 bits per heavy atom. The molecule has 0 unspecified atom stereocenters. The first-order valence-electron chi connectivity index (χ1n) is 9.56. The van der Waals surface area contributed by atoms with E-state index in [4.69, 9.17) is 5.14 Å². The molecule has 0 saturated heterocycles.